The molecule has 3 heteroatoms. The highest BCUT2D eigenvalue weighted by Gasteiger charge is 2.21. The second kappa shape index (κ2) is 14.7. The quantitative estimate of drug-likeness (QED) is 0.211. The maximum Gasteiger partial charge on any atom is 0.170 e. The molecule has 2 N–H and O–H groups in total. The van der Waals surface area contributed by atoms with E-state index in [2.05, 4.69) is 6.92 Å². The molecule has 1 atom stereocenters. The molecule has 170 valence electrons. The highest BCUT2D eigenvalue weighted by atomic mass is 16.3. The molecule has 2 aromatic rings. The number of ketones is 1. The van der Waals surface area contributed by atoms with Crippen LogP contribution in [-0.4, -0.2) is 16.0 Å². The van der Waals surface area contributed by atoms with Crippen LogP contribution in [0.15, 0.2) is 48.5 Å². The van der Waals surface area contributed by atoms with Crippen LogP contribution in [0.3, 0.4) is 0 Å². The number of unbranched alkanes of at least 4 members (excludes halogenated alkanes) is 11. The molecule has 0 radical (unpaired) electrons. The molecule has 0 saturated carbocycles. The lowest BCUT2D eigenvalue weighted by Gasteiger charge is -2.17. The van der Waals surface area contributed by atoms with Crippen molar-refractivity contribution < 1.29 is 15.0 Å². The monoisotopic (exact) mass is 424 g/mol. The summed E-state index contributed by atoms with van der Waals surface area (Å²) in [6.07, 6.45) is 16.4. The second-order valence-corrected chi connectivity index (χ2v) is 8.73. The molecule has 0 saturated heterocycles. The number of carbonyl (C=O) groups is 1. The van der Waals surface area contributed by atoms with Gasteiger partial charge in [-0.15, -0.1) is 0 Å². The van der Waals surface area contributed by atoms with Gasteiger partial charge in [0.15, 0.2) is 5.78 Å². The smallest absolute Gasteiger partial charge is 0.170 e. The summed E-state index contributed by atoms with van der Waals surface area (Å²) < 4.78 is 0. The van der Waals surface area contributed by atoms with E-state index in [4.69, 9.17) is 0 Å². The van der Waals surface area contributed by atoms with Crippen LogP contribution in [0.1, 0.15) is 112 Å². The van der Waals surface area contributed by atoms with E-state index in [1.165, 1.54) is 64.2 Å². The van der Waals surface area contributed by atoms with Gasteiger partial charge in [-0.25, -0.2) is 0 Å². The van der Waals surface area contributed by atoms with Crippen LogP contribution in [0.2, 0.25) is 0 Å². The minimum absolute atomic E-state index is 0.0776. The Morgan fingerprint density at radius 1 is 0.645 bits per heavy atom. The number of rotatable bonds is 16. The molecule has 1 unspecified atom stereocenters. The van der Waals surface area contributed by atoms with E-state index in [1.807, 2.05) is 12.1 Å². The van der Waals surface area contributed by atoms with Gasteiger partial charge in [0.1, 0.15) is 11.5 Å². The van der Waals surface area contributed by atoms with E-state index < -0.39 is 0 Å². The van der Waals surface area contributed by atoms with Crippen LogP contribution >= 0.6 is 0 Å². The number of Topliss-reactive ketones (excluding diaryl/α,β-unsaturated/α-hetero) is 1. The van der Waals surface area contributed by atoms with E-state index in [0.717, 1.165) is 24.8 Å². The third kappa shape index (κ3) is 9.59. The van der Waals surface area contributed by atoms with Crippen molar-refractivity contribution in [1.29, 1.82) is 0 Å². The van der Waals surface area contributed by atoms with Gasteiger partial charge in [-0.2, -0.15) is 0 Å². The van der Waals surface area contributed by atoms with Gasteiger partial charge in [-0.3, -0.25) is 4.79 Å². The maximum atomic E-state index is 13.1. The van der Waals surface area contributed by atoms with Gasteiger partial charge in [-0.05, 0) is 48.4 Å². The van der Waals surface area contributed by atoms with E-state index in [9.17, 15) is 15.0 Å². The van der Waals surface area contributed by atoms with Crippen molar-refractivity contribution in [3.63, 3.8) is 0 Å². The molecule has 0 heterocycles. The molecular weight excluding hydrogens is 384 g/mol. The van der Waals surface area contributed by atoms with E-state index in [-0.39, 0.29) is 23.2 Å². The molecule has 0 amide bonds. The number of benzene rings is 2. The molecule has 0 spiro atoms. The van der Waals surface area contributed by atoms with Crippen molar-refractivity contribution in [2.24, 2.45) is 0 Å². The Balaban J connectivity index is 1.74. The Labute approximate surface area is 188 Å². The standard InChI is InChI=1S/C28H40O3/c1-2-3-4-5-6-7-8-9-10-11-12-13-14-27(23-15-19-25(29)20-16-23)28(31)24-17-21-26(30)22-18-24/h15-22,27,29-30H,2-14H2,1H3. The fraction of sp³-hybridized carbons (Fsp3) is 0.536. The summed E-state index contributed by atoms with van der Waals surface area (Å²) in [6, 6.07) is 13.5. The first-order valence-electron chi connectivity index (χ1n) is 12.2. The lowest BCUT2D eigenvalue weighted by Crippen LogP contribution is -2.13. The normalized spacial score (nSPS) is 12.0. The molecule has 0 bridgehead atoms. The van der Waals surface area contributed by atoms with Crippen molar-refractivity contribution >= 4 is 5.78 Å². The zero-order chi connectivity index (χ0) is 22.3. The summed E-state index contributed by atoms with van der Waals surface area (Å²) >= 11 is 0. The summed E-state index contributed by atoms with van der Waals surface area (Å²) in [7, 11) is 0. The minimum atomic E-state index is -0.215. The molecule has 0 aliphatic carbocycles. The Hall–Kier alpha value is -2.29. The summed E-state index contributed by atoms with van der Waals surface area (Å²) in [5.74, 6) is 0.241. The van der Waals surface area contributed by atoms with Crippen LogP contribution in [0.4, 0.5) is 0 Å². The molecule has 2 aromatic carbocycles. The predicted octanol–water partition coefficient (Wildman–Crippen LogP) is 8.16. The van der Waals surface area contributed by atoms with E-state index >= 15 is 0 Å². The Morgan fingerprint density at radius 3 is 1.55 bits per heavy atom. The molecular formula is C28H40O3. The topological polar surface area (TPSA) is 57.5 Å². The number of hydrogen-bond donors (Lipinski definition) is 2. The van der Waals surface area contributed by atoms with Crippen molar-refractivity contribution in [2.75, 3.05) is 0 Å². The van der Waals surface area contributed by atoms with E-state index in [1.54, 1.807) is 36.4 Å². The van der Waals surface area contributed by atoms with Gasteiger partial charge < -0.3 is 10.2 Å². The van der Waals surface area contributed by atoms with Crippen LogP contribution < -0.4 is 0 Å². The van der Waals surface area contributed by atoms with Crippen molar-refractivity contribution in [2.45, 2.75) is 96.3 Å². The summed E-state index contributed by atoms with van der Waals surface area (Å²) in [6.45, 7) is 2.26. The Kier molecular flexibility index (Phi) is 11.8. The van der Waals surface area contributed by atoms with Crippen molar-refractivity contribution in [3.05, 3.63) is 59.7 Å². The lowest BCUT2D eigenvalue weighted by atomic mass is 9.86. The summed E-state index contributed by atoms with van der Waals surface area (Å²) in [5.41, 5.74) is 1.56. The first-order valence-corrected chi connectivity index (χ1v) is 12.2. The third-order valence-corrected chi connectivity index (χ3v) is 6.11. The van der Waals surface area contributed by atoms with Gasteiger partial charge in [0.2, 0.25) is 0 Å². The average molecular weight is 425 g/mol. The van der Waals surface area contributed by atoms with Gasteiger partial charge in [0, 0.05) is 11.5 Å². The van der Waals surface area contributed by atoms with Crippen molar-refractivity contribution in [1.82, 2.24) is 0 Å². The first kappa shape index (κ1) is 25.0. The number of phenols is 2. The number of phenolic OH excluding ortho intramolecular Hbond substituents is 2. The zero-order valence-electron chi connectivity index (χ0n) is 19.2. The van der Waals surface area contributed by atoms with Gasteiger partial charge in [-0.1, -0.05) is 96.1 Å². The fourth-order valence-corrected chi connectivity index (χ4v) is 4.17. The zero-order valence-corrected chi connectivity index (χ0v) is 19.2. The highest BCUT2D eigenvalue weighted by Crippen LogP contribution is 2.29. The summed E-state index contributed by atoms with van der Waals surface area (Å²) in [5, 5.41) is 19.1. The van der Waals surface area contributed by atoms with E-state index in [0.29, 0.717) is 5.56 Å². The first-order chi connectivity index (χ1) is 15.1. The molecule has 0 aromatic heterocycles. The molecule has 0 aliphatic rings. The Bertz CT molecular complexity index is 734. The van der Waals surface area contributed by atoms with Gasteiger partial charge >= 0.3 is 0 Å². The maximum absolute atomic E-state index is 13.1. The fourth-order valence-electron chi connectivity index (χ4n) is 4.17. The highest BCUT2D eigenvalue weighted by molar-refractivity contribution is 6.01. The molecule has 3 nitrogen and oxygen atoms in total. The summed E-state index contributed by atoms with van der Waals surface area (Å²) in [4.78, 5) is 13.1. The average Bonchev–Trinajstić information content (AvgIpc) is 2.78. The van der Waals surface area contributed by atoms with Crippen molar-refractivity contribution in [3.8, 4) is 11.5 Å². The predicted molar refractivity (Wildman–Crippen MR) is 129 cm³/mol. The molecule has 31 heavy (non-hydrogen) atoms. The molecule has 0 fully saturated rings. The number of carbonyl (C=O) groups excluding carboxylic acids is 1. The second-order valence-electron chi connectivity index (χ2n) is 8.73. The Morgan fingerprint density at radius 2 is 1.06 bits per heavy atom. The van der Waals surface area contributed by atoms with Crippen LogP contribution in [-0.2, 0) is 0 Å². The third-order valence-electron chi connectivity index (χ3n) is 6.11. The van der Waals surface area contributed by atoms with Gasteiger partial charge in [0.25, 0.3) is 0 Å². The molecule has 2 rings (SSSR count). The molecule has 0 aliphatic heterocycles. The van der Waals surface area contributed by atoms with Gasteiger partial charge in [0.05, 0.1) is 0 Å². The largest absolute Gasteiger partial charge is 0.508 e. The number of aromatic hydroxyl groups is 2. The van der Waals surface area contributed by atoms with Crippen LogP contribution in [0.5, 0.6) is 11.5 Å². The van der Waals surface area contributed by atoms with Crippen LogP contribution in [0, 0.1) is 0 Å². The number of hydrogen-bond acceptors (Lipinski definition) is 3. The van der Waals surface area contributed by atoms with Crippen LogP contribution in [0.25, 0.3) is 0 Å². The minimum Gasteiger partial charge on any atom is -0.508 e. The SMILES string of the molecule is CCCCCCCCCCCCCCC(C(=O)c1ccc(O)cc1)c1ccc(O)cc1. The lowest BCUT2D eigenvalue weighted by molar-refractivity contribution is 0.0953.